The maximum absolute atomic E-state index is 11.4. The van der Waals surface area contributed by atoms with Crippen LogP contribution in [0.5, 0.6) is 5.75 Å². The predicted octanol–water partition coefficient (Wildman–Crippen LogP) is 6.35. The summed E-state index contributed by atoms with van der Waals surface area (Å²) in [6.45, 7) is 8.91. The normalized spacial score (nSPS) is 27.0. The maximum Gasteiger partial charge on any atom is 0.185 e. The highest BCUT2D eigenvalue weighted by Crippen LogP contribution is 2.76. The molecule has 4 nitrogen and oxygen atoms in total. The number of halogens is 1. The number of hydrogen-bond donors (Lipinski definition) is 0. The van der Waals surface area contributed by atoms with Crippen LogP contribution in [0, 0.1) is 43.9 Å². The van der Waals surface area contributed by atoms with Crippen LogP contribution in [0.3, 0.4) is 0 Å². The molecule has 2 saturated carbocycles. The summed E-state index contributed by atoms with van der Waals surface area (Å²) in [5, 5.41) is 3.21. The number of rotatable bonds is 6. The fraction of sp³-hybridized carbons (Fsp3) is 0.407. The number of aldehydes is 1. The van der Waals surface area contributed by atoms with E-state index in [1.165, 1.54) is 35.0 Å². The Balaban J connectivity index is 1.24. The number of carbonyl (C=O) groups excluding carboxylic acids is 1. The van der Waals surface area contributed by atoms with Gasteiger partial charge in [-0.1, -0.05) is 27.6 Å². The van der Waals surface area contributed by atoms with Crippen LogP contribution in [0.4, 0.5) is 5.13 Å². The zero-order valence-electron chi connectivity index (χ0n) is 19.1. The molecule has 1 aliphatic heterocycles. The molecule has 4 atom stereocenters. The molecule has 4 unspecified atom stereocenters. The van der Waals surface area contributed by atoms with Gasteiger partial charge in [0.2, 0.25) is 0 Å². The molecule has 0 bridgehead atoms. The lowest BCUT2D eigenvalue weighted by Gasteiger charge is -2.34. The molecule has 3 aromatic rings. The van der Waals surface area contributed by atoms with E-state index < -0.39 is 0 Å². The highest BCUT2D eigenvalue weighted by atomic mass is 79.9. The van der Waals surface area contributed by atoms with Crippen molar-refractivity contribution >= 4 is 38.7 Å². The van der Waals surface area contributed by atoms with Crippen molar-refractivity contribution in [2.24, 2.45) is 23.2 Å². The Hall–Kier alpha value is -2.18. The molecule has 6 rings (SSSR count). The van der Waals surface area contributed by atoms with Gasteiger partial charge >= 0.3 is 0 Å². The van der Waals surface area contributed by atoms with E-state index in [9.17, 15) is 4.79 Å². The molecule has 2 aromatic carbocycles. The van der Waals surface area contributed by atoms with E-state index in [-0.39, 0.29) is 5.92 Å². The summed E-state index contributed by atoms with van der Waals surface area (Å²) in [4.78, 5) is 18.9. The van der Waals surface area contributed by atoms with Crippen molar-refractivity contribution in [3.05, 3.63) is 62.4 Å². The molecule has 6 heteroatoms. The molecule has 1 saturated heterocycles. The van der Waals surface area contributed by atoms with Gasteiger partial charge < -0.3 is 14.4 Å². The molecule has 170 valence electrons. The molecule has 0 N–H and O–H groups in total. The van der Waals surface area contributed by atoms with Gasteiger partial charge in [0.25, 0.3) is 0 Å². The second kappa shape index (κ2) is 7.67. The number of carbonyl (C=O) groups is 1. The summed E-state index contributed by atoms with van der Waals surface area (Å²) in [5.74, 6) is 2.30. The minimum absolute atomic E-state index is 0.275. The average molecular weight is 523 g/mol. The van der Waals surface area contributed by atoms with E-state index >= 15 is 0 Å². The number of anilines is 1. The lowest BCUT2D eigenvalue weighted by atomic mass is 9.67. The predicted molar refractivity (Wildman–Crippen MR) is 136 cm³/mol. The summed E-state index contributed by atoms with van der Waals surface area (Å²) in [6.07, 6.45) is 2.42. The zero-order chi connectivity index (χ0) is 22.9. The van der Waals surface area contributed by atoms with Gasteiger partial charge in [-0.2, -0.15) is 0 Å². The molecule has 3 fully saturated rings. The first-order chi connectivity index (χ1) is 15.9. The average Bonchev–Trinajstić information content (AvgIpc) is 3.06. The second-order valence-electron chi connectivity index (χ2n) is 10.1. The van der Waals surface area contributed by atoms with Crippen LogP contribution in [0.25, 0.3) is 11.3 Å². The Morgan fingerprint density at radius 3 is 2.76 bits per heavy atom. The van der Waals surface area contributed by atoms with E-state index in [0.29, 0.717) is 23.9 Å². The Morgan fingerprint density at radius 1 is 1.21 bits per heavy atom. The number of aromatic nitrogens is 1. The fourth-order valence-electron chi connectivity index (χ4n) is 6.26. The van der Waals surface area contributed by atoms with E-state index in [2.05, 4.69) is 77.3 Å². The van der Waals surface area contributed by atoms with E-state index in [4.69, 9.17) is 9.72 Å². The largest absolute Gasteiger partial charge is 0.488 e. The zero-order valence-corrected chi connectivity index (χ0v) is 21.5. The van der Waals surface area contributed by atoms with Crippen LogP contribution in [-0.2, 0) is 11.4 Å². The van der Waals surface area contributed by atoms with E-state index in [1.54, 1.807) is 11.3 Å². The number of ether oxygens (including phenoxy) is 1. The molecule has 33 heavy (non-hydrogen) atoms. The molecular formula is C27H27BrN2O2S. The summed E-state index contributed by atoms with van der Waals surface area (Å²) in [5.41, 5.74) is 7.28. The van der Waals surface area contributed by atoms with Gasteiger partial charge in [0, 0.05) is 34.4 Å². The van der Waals surface area contributed by atoms with Gasteiger partial charge in [0.15, 0.2) is 5.13 Å². The molecule has 0 amide bonds. The molecule has 1 spiro atoms. The Kier molecular flexibility index (Phi) is 4.97. The van der Waals surface area contributed by atoms with E-state index in [0.717, 1.165) is 39.7 Å². The van der Waals surface area contributed by atoms with Gasteiger partial charge in [0.1, 0.15) is 18.6 Å². The Morgan fingerprint density at radius 2 is 2.00 bits per heavy atom. The van der Waals surface area contributed by atoms with Gasteiger partial charge in [-0.05, 0) is 85.4 Å². The number of hydrogen-bond acceptors (Lipinski definition) is 5. The lowest BCUT2D eigenvalue weighted by molar-refractivity contribution is -0.117. The van der Waals surface area contributed by atoms with Crippen molar-refractivity contribution < 1.29 is 9.53 Å². The van der Waals surface area contributed by atoms with Crippen LogP contribution in [0.15, 0.2) is 40.2 Å². The first-order valence-electron chi connectivity index (χ1n) is 11.5. The van der Waals surface area contributed by atoms with Gasteiger partial charge in [-0.25, -0.2) is 4.98 Å². The van der Waals surface area contributed by atoms with Crippen molar-refractivity contribution in [3.8, 4) is 17.0 Å². The Labute approximate surface area is 207 Å². The highest BCUT2D eigenvalue weighted by Gasteiger charge is 2.76. The summed E-state index contributed by atoms with van der Waals surface area (Å²) >= 11 is 5.28. The molecule has 1 aromatic heterocycles. The van der Waals surface area contributed by atoms with Gasteiger partial charge in [-0.15, -0.1) is 11.3 Å². The molecular weight excluding hydrogens is 496 g/mol. The first-order valence-corrected chi connectivity index (χ1v) is 13.2. The molecule has 0 radical (unpaired) electrons. The number of benzene rings is 2. The van der Waals surface area contributed by atoms with Gasteiger partial charge in [0.05, 0.1) is 5.69 Å². The number of nitrogens with zero attached hydrogens (tertiary/aromatic N) is 2. The van der Waals surface area contributed by atoms with Crippen LogP contribution in [0.1, 0.15) is 28.7 Å². The van der Waals surface area contributed by atoms with Gasteiger partial charge in [-0.3, -0.25) is 0 Å². The summed E-state index contributed by atoms with van der Waals surface area (Å²) < 4.78 is 7.46. The summed E-state index contributed by atoms with van der Waals surface area (Å²) in [7, 11) is 0. The van der Waals surface area contributed by atoms with E-state index in [1.807, 2.05) is 0 Å². The molecule has 2 aliphatic carbocycles. The third-order valence-electron chi connectivity index (χ3n) is 8.11. The van der Waals surface area contributed by atoms with Crippen molar-refractivity contribution in [2.75, 3.05) is 18.0 Å². The van der Waals surface area contributed by atoms with Crippen molar-refractivity contribution in [2.45, 2.75) is 33.8 Å². The smallest absolute Gasteiger partial charge is 0.185 e. The minimum Gasteiger partial charge on any atom is -0.488 e. The van der Waals surface area contributed by atoms with Crippen LogP contribution in [-0.4, -0.2) is 24.4 Å². The van der Waals surface area contributed by atoms with Crippen molar-refractivity contribution in [3.63, 3.8) is 0 Å². The SMILES string of the molecule is Cc1ccc(OCc2c(C)cc(Br)cc2C)c(-c2csc(N3CC4C(C=O)C5CC45C3)n2)c1. The maximum atomic E-state index is 11.4. The van der Waals surface area contributed by atoms with Crippen molar-refractivity contribution in [1.29, 1.82) is 0 Å². The topological polar surface area (TPSA) is 42.4 Å². The van der Waals surface area contributed by atoms with Crippen LogP contribution >= 0.6 is 27.3 Å². The van der Waals surface area contributed by atoms with Crippen LogP contribution < -0.4 is 9.64 Å². The molecule has 3 aliphatic rings. The first kappa shape index (κ1) is 21.4. The van der Waals surface area contributed by atoms with Crippen LogP contribution in [0.2, 0.25) is 0 Å². The lowest BCUT2D eigenvalue weighted by Crippen LogP contribution is -2.38. The quantitative estimate of drug-likeness (QED) is 0.354. The summed E-state index contributed by atoms with van der Waals surface area (Å²) in [6, 6.07) is 10.6. The molecule has 2 heterocycles. The Bertz CT molecular complexity index is 1250. The van der Waals surface area contributed by atoms with Crippen molar-refractivity contribution in [1.82, 2.24) is 4.98 Å². The third-order valence-corrected chi connectivity index (χ3v) is 9.47. The third kappa shape index (κ3) is 3.36. The fourth-order valence-corrected chi connectivity index (χ4v) is 7.78. The standard InChI is InChI=1S/C27H27BrN2O2S/c1-15-4-5-25(32-12-21-16(2)7-18(28)8-17(21)3)19(6-15)24-13-33-26(29-24)30-10-23-20(11-31)22-9-27(22,23)14-30/h4-8,11,13,20,22-23H,9-10,12,14H2,1-3H3. The number of aryl methyl sites for hydroxylation is 3. The monoisotopic (exact) mass is 522 g/mol. The second-order valence-corrected chi connectivity index (χ2v) is 11.8. The number of thiazole rings is 1. The highest BCUT2D eigenvalue weighted by molar-refractivity contribution is 9.10. The minimum atomic E-state index is 0.275.